The van der Waals surface area contributed by atoms with Gasteiger partial charge in [0.2, 0.25) is 0 Å². The van der Waals surface area contributed by atoms with Crippen LogP contribution < -0.4 is 0 Å². The Balaban J connectivity index is 2.56. The molecule has 13 heavy (non-hydrogen) atoms. The predicted molar refractivity (Wildman–Crippen MR) is 51.3 cm³/mol. The first-order valence-corrected chi connectivity index (χ1v) is 4.86. The van der Waals surface area contributed by atoms with Crippen LogP contribution in [0.4, 0.5) is 0 Å². The van der Waals surface area contributed by atoms with E-state index in [0.717, 1.165) is 26.1 Å². The van der Waals surface area contributed by atoms with Crippen molar-refractivity contribution < 1.29 is 4.74 Å². The third kappa shape index (κ3) is 2.68. The first-order chi connectivity index (χ1) is 6.09. The molecule has 0 aromatic carbocycles. The summed E-state index contributed by atoms with van der Waals surface area (Å²) in [5, 5.41) is 8.92. The van der Waals surface area contributed by atoms with Crippen LogP contribution in [0.1, 0.15) is 27.2 Å². The lowest BCUT2D eigenvalue weighted by molar-refractivity contribution is -0.0920. The van der Waals surface area contributed by atoms with Crippen molar-refractivity contribution in [1.82, 2.24) is 4.90 Å². The minimum atomic E-state index is -0.0947. The van der Waals surface area contributed by atoms with Crippen molar-refractivity contribution in [3.8, 4) is 6.07 Å². The quantitative estimate of drug-likeness (QED) is 0.647. The van der Waals surface area contributed by atoms with Crippen LogP contribution in [0.5, 0.6) is 0 Å². The van der Waals surface area contributed by atoms with Crippen LogP contribution in [0.15, 0.2) is 0 Å². The minimum Gasteiger partial charge on any atom is -0.373 e. The van der Waals surface area contributed by atoms with Gasteiger partial charge in [0.15, 0.2) is 0 Å². The van der Waals surface area contributed by atoms with Gasteiger partial charge >= 0.3 is 0 Å². The van der Waals surface area contributed by atoms with E-state index >= 15 is 0 Å². The van der Waals surface area contributed by atoms with Crippen LogP contribution in [0.25, 0.3) is 0 Å². The van der Waals surface area contributed by atoms with Gasteiger partial charge in [0.1, 0.15) is 0 Å². The number of nitrogens with zero attached hydrogens (tertiary/aromatic N) is 2. The van der Waals surface area contributed by atoms with Gasteiger partial charge in [-0.3, -0.25) is 4.90 Å². The number of rotatable bonds is 2. The summed E-state index contributed by atoms with van der Waals surface area (Å²) in [4.78, 5) is 2.21. The van der Waals surface area contributed by atoms with Crippen LogP contribution in [0, 0.1) is 11.3 Å². The first-order valence-electron chi connectivity index (χ1n) is 4.86. The van der Waals surface area contributed by atoms with Gasteiger partial charge in [-0.1, -0.05) is 6.92 Å². The minimum absolute atomic E-state index is 0.0585. The molecule has 0 amide bonds. The SMILES string of the molecule is CCC(C#N)N1CCOC(C)(C)C1. The lowest BCUT2D eigenvalue weighted by Gasteiger charge is -2.39. The summed E-state index contributed by atoms with van der Waals surface area (Å²) in [6.45, 7) is 8.68. The molecule has 1 fully saturated rings. The summed E-state index contributed by atoms with van der Waals surface area (Å²) in [6.07, 6.45) is 0.895. The largest absolute Gasteiger partial charge is 0.373 e. The second-order valence-corrected chi connectivity index (χ2v) is 4.13. The van der Waals surface area contributed by atoms with Crippen molar-refractivity contribution in [1.29, 1.82) is 5.26 Å². The van der Waals surface area contributed by atoms with Crippen molar-refractivity contribution in [2.45, 2.75) is 38.8 Å². The zero-order chi connectivity index (χ0) is 9.90. The standard InChI is InChI=1S/C10H18N2O/c1-4-9(7-11)12-5-6-13-10(2,3)8-12/h9H,4-6,8H2,1-3H3. The Morgan fingerprint density at radius 1 is 1.62 bits per heavy atom. The molecule has 0 spiro atoms. The molecule has 0 aliphatic carbocycles. The molecule has 0 N–H and O–H groups in total. The summed E-state index contributed by atoms with van der Waals surface area (Å²) >= 11 is 0. The highest BCUT2D eigenvalue weighted by molar-refractivity contribution is 4.94. The highest BCUT2D eigenvalue weighted by atomic mass is 16.5. The van der Waals surface area contributed by atoms with Gasteiger partial charge in [-0.15, -0.1) is 0 Å². The fourth-order valence-corrected chi connectivity index (χ4v) is 1.75. The Morgan fingerprint density at radius 2 is 2.31 bits per heavy atom. The van der Waals surface area contributed by atoms with Gasteiger partial charge in [0.05, 0.1) is 24.3 Å². The predicted octanol–water partition coefficient (Wildman–Crippen LogP) is 1.40. The molecule has 3 heteroatoms. The fraction of sp³-hybridized carbons (Fsp3) is 0.900. The van der Waals surface area contributed by atoms with Gasteiger partial charge < -0.3 is 4.74 Å². The average Bonchev–Trinajstić information content (AvgIpc) is 2.05. The van der Waals surface area contributed by atoms with Gasteiger partial charge in [0.25, 0.3) is 0 Å². The second kappa shape index (κ2) is 4.08. The topological polar surface area (TPSA) is 36.3 Å². The van der Waals surface area contributed by atoms with E-state index in [2.05, 4.69) is 31.7 Å². The van der Waals surface area contributed by atoms with Gasteiger partial charge in [0, 0.05) is 13.1 Å². The van der Waals surface area contributed by atoms with Gasteiger partial charge in [-0.2, -0.15) is 5.26 Å². The maximum atomic E-state index is 8.92. The summed E-state index contributed by atoms with van der Waals surface area (Å²) in [7, 11) is 0. The number of ether oxygens (including phenoxy) is 1. The van der Waals surface area contributed by atoms with Crippen molar-refractivity contribution in [3.63, 3.8) is 0 Å². The highest BCUT2D eigenvalue weighted by Gasteiger charge is 2.30. The van der Waals surface area contributed by atoms with E-state index < -0.39 is 0 Å². The highest BCUT2D eigenvalue weighted by Crippen LogP contribution is 2.18. The van der Waals surface area contributed by atoms with Crippen LogP contribution in [0.2, 0.25) is 0 Å². The molecule has 0 radical (unpaired) electrons. The molecule has 1 unspecified atom stereocenters. The Hall–Kier alpha value is -0.590. The van der Waals surface area contributed by atoms with Crippen molar-refractivity contribution >= 4 is 0 Å². The van der Waals surface area contributed by atoms with Crippen LogP contribution >= 0.6 is 0 Å². The number of morpholine rings is 1. The van der Waals surface area contributed by atoms with Crippen LogP contribution in [-0.4, -0.2) is 36.2 Å². The van der Waals surface area contributed by atoms with E-state index in [1.807, 2.05) is 0 Å². The van der Waals surface area contributed by atoms with Crippen LogP contribution in [0.3, 0.4) is 0 Å². The molecule has 0 saturated carbocycles. The molecule has 1 aliphatic heterocycles. The van der Waals surface area contributed by atoms with E-state index in [1.165, 1.54) is 0 Å². The maximum Gasteiger partial charge on any atom is 0.0977 e. The molecule has 1 saturated heterocycles. The Morgan fingerprint density at radius 3 is 2.77 bits per heavy atom. The molecular formula is C10H18N2O. The molecule has 0 bridgehead atoms. The number of hydrogen-bond donors (Lipinski definition) is 0. The van der Waals surface area contributed by atoms with Crippen molar-refractivity contribution in [2.75, 3.05) is 19.7 Å². The second-order valence-electron chi connectivity index (χ2n) is 4.13. The van der Waals surface area contributed by atoms with E-state index in [-0.39, 0.29) is 11.6 Å². The monoisotopic (exact) mass is 182 g/mol. The molecule has 0 aromatic rings. The van der Waals surface area contributed by atoms with E-state index in [1.54, 1.807) is 0 Å². The summed E-state index contributed by atoms with van der Waals surface area (Å²) < 4.78 is 5.58. The molecule has 74 valence electrons. The molecule has 3 nitrogen and oxygen atoms in total. The van der Waals surface area contributed by atoms with E-state index in [9.17, 15) is 0 Å². The zero-order valence-electron chi connectivity index (χ0n) is 8.71. The Bertz CT molecular complexity index is 207. The zero-order valence-corrected chi connectivity index (χ0v) is 8.71. The third-order valence-corrected chi connectivity index (χ3v) is 2.43. The fourth-order valence-electron chi connectivity index (χ4n) is 1.75. The van der Waals surface area contributed by atoms with Crippen molar-refractivity contribution in [2.24, 2.45) is 0 Å². The normalized spacial score (nSPS) is 25.1. The molecule has 0 aromatic heterocycles. The molecule has 1 aliphatic rings. The summed E-state index contributed by atoms with van der Waals surface area (Å²) in [5.41, 5.74) is -0.0947. The lowest BCUT2D eigenvalue weighted by Crippen LogP contribution is -2.51. The molecule has 1 heterocycles. The maximum absolute atomic E-state index is 8.92. The Labute approximate surface area is 80.3 Å². The van der Waals surface area contributed by atoms with Gasteiger partial charge in [-0.05, 0) is 20.3 Å². The van der Waals surface area contributed by atoms with E-state index in [4.69, 9.17) is 10.00 Å². The Kier molecular flexibility index (Phi) is 3.29. The molecular weight excluding hydrogens is 164 g/mol. The average molecular weight is 182 g/mol. The molecule has 1 rings (SSSR count). The van der Waals surface area contributed by atoms with Crippen LogP contribution in [-0.2, 0) is 4.74 Å². The summed E-state index contributed by atoms with van der Waals surface area (Å²) in [5.74, 6) is 0. The smallest absolute Gasteiger partial charge is 0.0977 e. The van der Waals surface area contributed by atoms with Gasteiger partial charge in [-0.25, -0.2) is 0 Å². The van der Waals surface area contributed by atoms with Crippen molar-refractivity contribution in [3.05, 3.63) is 0 Å². The first kappa shape index (κ1) is 10.5. The van der Waals surface area contributed by atoms with E-state index in [0.29, 0.717) is 0 Å². The third-order valence-electron chi connectivity index (χ3n) is 2.43. The number of nitriles is 1. The lowest BCUT2D eigenvalue weighted by atomic mass is 10.1. The summed E-state index contributed by atoms with van der Waals surface area (Å²) in [6, 6.07) is 2.39. The molecule has 1 atom stereocenters. The number of hydrogen-bond acceptors (Lipinski definition) is 3.